The van der Waals surface area contributed by atoms with Crippen LogP contribution in [0.2, 0.25) is 0 Å². The van der Waals surface area contributed by atoms with Crippen LogP contribution in [0.4, 0.5) is 4.39 Å². The summed E-state index contributed by atoms with van der Waals surface area (Å²) < 4.78 is 11.9. The van der Waals surface area contributed by atoms with Gasteiger partial charge in [-0.2, -0.15) is 5.26 Å². The molecule has 2 nitrogen and oxygen atoms in total. The minimum Gasteiger partial charge on any atom is -0.330 e. The van der Waals surface area contributed by atoms with Crippen molar-refractivity contribution in [2.24, 2.45) is 5.73 Å². The zero-order chi connectivity index (χ0) is 6.41. The van der Waals surface area contributed by atoms with Crippen LogP contribution in [0.15, 0.2) is 0 Å². The molecule has 0 bridgehead atoms. The van der Waals surface area contributed by atoms with Crippen molar-refractivity contribution in [3.63, 3.8) is 0 Å². The third kappa shape index (κ3) is 3.57. The lowest BCUT2D eigenvalue weighted by Crippen LogP contribution is -2.03. The van der Waals surface area contributed by atoms with Crippen LogP contribution >= 0.6 is 0 Å². The molecule has 0 aliphatic heterocycles. The highest BCUT2D eigenvalue weighted by Crippen LogP contribution is 1.97. The number of alkyl halides is 1. The molecule has 0 heterocycles. The first kappa shape index (κ1) is 7.38. The molecule has 0 saturated heterocycles. The van der Waals surface area contributed by atoms with E-state index in [2.05, 4.69) is 0 Å². The van der Waals surface area contributed by atoms with Crippen LogP contribution in [0.3, 0.4) is 0 Å². The lowest BCUT2D eigenvalue weighted by atomic mass is 10.2. The number of rotatable bonds is 3. The van der Waals surface area contributed by atoms with Gasteiger partial charge in [-0.15, -0.1) is 0 Å². The summed E-state index contributed by atoms with van der Waals surface area (Å²) in [6, 6.07) is 1.48. The Bertz CT molecular complexity index is 86.9. The van der Waals surface area contributed by atoms with Crippen LogP contribution in [-0.4, -0.2) is 12.7 Å². The molecule has 1 atom stereocenters. The first-order chi connectivity index (χ1) is 3.81. The average Bonchev–Trinajstić information content (AvgIpc) is 1.83. The van der Waals surface area contributed by atoms with E-state index in [-0.39, 0.29) is 6.42 Å². The van der Waals surface area contributed by atoms with Gasteiger partial charge >= 0.3 is 0 Å². The van der Waals surface area contributed by atoms with E-state index in [1.807, 2.05) is 0 Å². The van der Waals surface area contributed by atoms with Gasteiger partial charge in [-0.25, -0.2) is 4.39 Å². The van der Waals surface area contributed by atoms with Gasteiger partial charge in [0.1, 0.15) is 0 Å². The van der Waals surface area contributed by atoms with Gasteiger partial charge in [0.05, 0.1) is 6.07 Å². The van der Waals surface area contributed by atoms with Crippen molar-refractivity contribution in [2.75, 3.05) is 6.54 Å². The summed E-state index contributed by atoms with van der Waals surface area (Å²) >= 11 is 0. The third-order valence-corrected chi connectivity index (χ3v) is 0.802. The molecule has 0 spiro atoms. The summed E-state index contributed by atoms with van der Waals surface area (Å²) in [5.74, 6) is 0. The maximum Gasteiger partial charge on any atom is 0.186 e. The topological polar surface area (TPSA) is 49.8 Å². The number of hydrogen-bond donors (Lipinski definition) is 1. The summed E-state index contributed by atoms with van der Waals surface area (Å²) in [5.41, 5.74) is 5.06. The van der Waals surface area contributed by atoms with Gasteiger partial charge < -0.3 is 5.73 Å². The van der Waals surface area contributed by atoms with Crippen LogP contribution in [0.25, 0.3) is 0 Å². The number of hydrogen-bond acceptors (Lipinski definition) is 2. The molecule has 0 rings (SSSR count). The molecule has 0 aromatic heterocycles. The fourth-order valence-corrected chi connectivity index (χ4v) is 0.362. The Balaban J connectivity index is 3.02. The molecule has 0 aliphatic rings. The average molecular weight is 116 g/mol. The molecule has 1 unspecified atom stereocenters. The summed E-state index contributed by atoms with van der Waals surface area (Å²) in [4.78, 5) is 0. The summed E-state index contributed by atoms with van der Waals surface area (Å²) in [7, 11) is 0. The molecule has 3 heteroatoms. The molecule has 0 amide bonds. The largest absolute Gasteiger partial charge is 0.330 e. The van der Waals surface area contributed by atoms with Gasteiger partial charge in [0, 0.05) is 0 Å². The molecule has 46 valence electrons. The van der Waals surface area contributed by atoms with E-state index in [9.17, 15) is 4.39 Å². The SMILES string of the molecule is N#CC(F)CCCN. The Kier molecular flexibility index (Phi) is 4.19. The fraction of sp³-hybridized carbons (Fsp3) is 0.800. The van der Waals surface area contributed by atoms with Gasteiger partial charge in [-0.05, 0) is 19.4 Å². The standard InChI is InChI=1S/C5H9FN2/c6-5(4-8)2-1-3-7/h5H,1-3,7H2. The maximum absolute atomic E-state index is 11.9. The molecule has 0 saturated carbocycles. The van der Waals surface area contributed by atoms with Gasteiger partial charge in [-0.1, -0.05) is 0 Å². The first-order valence-electron chi connectivity index (χ1n) is 2.55. The number of nitrogens with zero attached hydrogens (tertiary/aromatic N) is 1. The molecule has 8 heavy (non-hydrogen) atoms. The van der Waals surface area contributed by atoms with Crippen molar-refractivity contribution in [2.45, 2.75) is 19.0 Å². The van der Waals surface area contributed by atoms with Crippen LogP contribution < -0.4 is 5.73 Å². The summed E-state index contributed by atoms with van der Waals surface area (Å²) in [6.07, 6.45) is -0.458. The Morgan fingerprint density at radius 1 is 1.75 bits per heavy atom. The van der Waals surface area contributed by atoms with E-state index in [1.165, 1.54) is 6.07 Å². The zero-order valence-electron chi connectivity index (χ0n) is 4.60. The zero-order valence-corrected chi connectivity index (χ0v) is 4.60. The molecular formula is C5H9FN2. The first-order valence-corrected chi connectivity index (χ1v) is 2.55. The van der Waals surface area contributed by atoms with E-state index in [1.54, 1.807) is 0 Å². The van der Waals surface area contributed by atoms with Crippen molar-refractivity contribution in [1.82, 2.24) is 0 Å². The molecule has 2 N–H and O–H groups in total. The monoisotopic (exact) mass is 116 g/mol. The van der Waals surface area contributed by atoms with E-state index in [0.29, 0.717) is 13.0 Å². The van der Waals surface area contributed by atoms with Crippen molar-refractivity contribution >= 4 is 0 Å². The lowest BCUT2D eigenvalue weighted by molar-refractivity contribution is 0.381. The van der Waals surface area contributed by atoms with Crippen LogP contribution in [0, 0.1) is 11.3 Å². The van der Waals surface area contributed by atoms with E-state index < -0.39 is 6.17 Å². The quantitative estimate of drug-likeness (QED) is 0.586. The van der Waals surface area contributed by atoms with Gasteiger partial charge in [-0.3, -0.25) is 0 Å². The minimum absolute atomic E-state index is 0.271. The number of halogens is 1. The third-order valence-electron chi connectivity index (χ3n) is 0.802. The fourth-order valence-electron chi connectivity index (χ4n) is 0.362. The minimum atomic E-state index is -1.32. The predicted octanol–water partition coefficient (Wildman–Crippen LogP) is 0.587. The molecule has 0 fully saturated rings. The van der Waals surface area contributed by atoms with Crippen LogP contribution in [0.1, 0.15) is 12.8 Å². The van der Waals surface area contributed by atoms with Gasteiger partial charge in [0.15, 0.2) is 6.17 Å². The van der Waals surface area contributed by atoms with Crippen molar-refractivity contribution in [3.8, 4) is 6.07 Å². The Hall–Kier alpha value is -0.620. The second-order valence-corrected chi connectivity index (χ2v) is 1.53. The normalized spacial score (nSPS) is 12.6. The van der Waals surface area contributed by atoms with Crippen molar-refractivity contribution in [3.05, 3.63) is 0 Å². The second kappa shape index (κ2) is 4.54. The number of nitrogens with two attached hydrogens (primary N) is 1. The second-order valence-electron chi connectivity index (χ2n) is 1.53. The summed E-state index contributed by atoms with van der Waals surface area (Å²) in [6.45, 7) is 0.460. The van der Waals surface area contributed by atoms with Crippen molar-refractivity contribution in [1.29, 1.82) is 5.26 Å². The van der Waals surface area contributed by atoms with E-state index in [0.717, 1.165) is 0 Å². The van der Waals surface area contributed by atoms with Crippen LogP contribution in [0.5, 0.6) is 0 Å². The lowest BCUT2D eigenvalue weighted by Gasteiger charge is -1.93. The molecule has 0 radical (unpaired) electrons. The highest BCUT2D eigenvalue weighted by Gasteiger charge is 2.00. The van der Waals surface area contributed by atoms with Gasteiger partial charge in [0.2, 0.25) is 0 Å². The Labute approximate surface area is 48.1 Å². The Morgan fingerprint density at radius 3 is 2.75 bits per heavy atom. The smallest absolute Gasteiger partial charge is 0.186 e. The van der Waals surface area contributed by atoms with Crippen molar-refractivity contribution < 1.29 is 4.39 Å². The Morgan fingerprint density at radius 2 is 2.38 bits per heavy atom. The molecule has 0 aromatic rings. The summed E-state index contributed by atoms with van der Waals surface area (Å²) in [5, 5.41) is 7.90. The van der Waals surface area contributed by atoms with Gasteiger partial charge in [0.25, 0.3) is 0 Å². The highest BCUT2D eigenvalue weighted by molar-refractivity contribution is 4.81. The predicted molar refractivity (Wildman–Crippen MR) is 28.8 cm³/mol. The van der Waals surface area contributed by atoms with E-state index in [4.69, 9.17) is 11.0 Å². The highest BCUT2D eigenvalue weighted by atomic mass is 19.1. The van der Waals surface area contributed by atoms with E-state index >= 15 is 0 Å². The molecule has 0 aliphatic carbocycles. The molecule has 0 aromatic carbocycles. The maximum atomic E-state index is 11.9. The number of nitriles is 1. The van der Waals surface area contributed by atoms with Crippen LogP contribution in [-0.2, 0) is 0 Å². The molecular weight excluding hydrogens is 107 g/mol.